The molecular weight excluding hydrogens is 204 g/mol. The summed E-state index contributed by atoms with van der Waals surface area (Å²) in [4.78, 5) is 10.1. The molecule has 0 unspecified atom stereocenters. The van der Waals surface area contributed by atoms with Crippen LogP contribution in [0.4, 0.5) is 5.69 Å². The van der Waals surface area contributed by atoms with Crippen LogP contribution in [0.25, 0.3) is 0 Å². The molecule has 1 aromatic carbocycles. The molecule has 0 aliphatic heterocycles. The maximum absolute atomic E-state index is 10.4. The smallest absolute Gasteiger partial charge is 0.269 e. The molecule has 88 valence electrons. The number of aryl methyl sites for hydroxylation is 1. The van der Waals surface area contributed by atoms with E-state index < -0.39 is 0 Å². The molecule has 0 aliphatic carbocycles. The van der Waals surface area contributed by atoms with Crippen LogP contribution in [0.2, 0.25) is 0 Å². The van der Waals surface area contributed by atoms with Crippen molar-refractivity contribution in [1.82, 2.24) is 5.32 Å². The second kappa shape index (κ2) is 6.23. The highest BCUT2D eigenvalue weighted by Crippen LogP contribution is 2.12. The van der Waals surface area contributed by atoms with Crippen molar-refractivity contribution >= 4 is 5.69 Å². The lowest BCUT2D eigenvalue weighted by molar-refractivity contribution is -0.384. The molecule has 4 heteroatoms. The van der Waals surface area contributed by atoms with Crippen molar-refractivity contribution < 1.29 is 4.92 Å². The fraction of sp³-hybridized carbons (Fsp3) is 0.500. The Kier molecular flexibility index (Phi) is 4.92. The van der Waals surface area contributed by atoms with E-state index in [0.717, 1.165) is 24.9 Å². The highest BCUT2D eigenvalue weighted by molar-refractivity contribution is 5.32. The minimum absolute atomic E-state index is 0.157. The van der Waals surface area contributed by atoms with Gasteiger partial charge in [0.25, 0.3) is 5.69 Å². The molecule has 0 fully saturated rings. The molecule has 0 heterocycles. The molecule has 0 bridgehead atoms. The minimum atomic E-state index is -0.371. The molecular formula is C12H18N2O2. The lowest BCUT2D eigenvalue weighted by atomic mass is 10.1. The summed E-state index contributed by atoms with van der Waals surface area (Å²) in [7, 11) is 0. The average molecular weight is 222 g/mol. The van der Waals surface area contributed by atoms with E-state index in [9.17, 15) is 10.1 Å². The van der Waals surface area contributed by atoms with E-state index in [0.29, 0.717) is 6.04 Å². The van der Waals surface area contributed by atoms with Gasteiger partial charge in [-0.2, -0.15) is 0 Å². The Morgan fingerprint density at radius 3 is 2.44 bits per heavy atom. The Hall–Kier alpha value is -1.42. The van der Waals surface area contributed by atoms with E-state index in [-0.39, 0.29) is 10.6 Å². The molecule has 0 amide bonds. The van der Waals surface area contributed by atoms with Gasteiger partial charge in [0.15, 0.2) is 0 Å². The second-order valence-electron chi connectivity index (χ2n) is 4.14. The normalized spacial score (nSPS) is 10.7. The Balaban J connectivity index is 2.35. The van der Waals surface area contributed by atoms with E-state index in [2.05, 4.69) is 19.2 Å². The monoisotopic (exact) mass is 222 g/mol. The number of nitrogens with zero attached hydrogens (tertiary/aromatic N) is 1. The van der Waals surface area contributed by atoms with Gasteiger partial charge in [0.05, 0.1) is 4.92 Å². The highest BCUT2D eigenvalue weighted by Gasteiger charge is 2.03. The van der Waals surface area contributed by atoms with Crippen molar-refractivity contribution in [2.24, 2.45) is 0 Å². The summed E-state index contributed by atoms with van der Waals surface area (Å²) in [5.41, 5.74) is 1.31. The summed E-state index contributed by atoms with van der Waals surface area (Å²) in [6.45, 7) is 5.21. The zero-order chi connectivity index (χ0) is 12.0. The van der Waals surface area contributed by atoms with Crippen molar-refractivity contribution in [2.45, 2.75) is 32.7 Å². The summed E-state index contributed by atoms with van der Waals surface area (Å²) in [6, 6.07) is 7.29. The fourth-order valence-corrected chi connectivity index (χ4v) is 1.47. The third kappa shape index (κ3) is 4.40. The predicted octanol–water partition coefficient (Wildman–Crippen LogP) is 2.53. The summed E-state index contributed by atoms with van der Waals surface area (Å²) in [6.07, 6.45) is 2.01. The Morgan fingerprint density at radius 1 is 1.31 bits per heavy atom. The molecule has 0 atom stereocenters. The van der Waals surface area contributed by atoms with Gasteiger partial charge in [-0.05, 0) is 24.9 Å². The van der Waals surface area contributed by atoms with Gasteiger partial charge in [0, 0.05) is 18.2 Å². The van der Waals surface area contributed by atoms with Crippen LogP contribution in [-0.2, 0) is 6.42 Å². The van der Waals surface area contributed by atoms with E-state index >= 15 is 0 Å². The van der Waals surface area contributed by atoms with Crippen molar-refractivity contribution in [3.63, 3.8) is 0 Å². The van der Waals surface area contributed by atoms with Crippen molar-refractivity contribution in [2.75, 3.05) is 6.54 Å². The molecule has 0 radical (unpaired) electrons. The van der Waals surface area contributed by atoms with Crippen LogP contribution in [0.5, 0.6) is 0 Å². The van der Waals surface area contributed by atoms with E-state index in [1.807, 2.05) is 12.1 Å². The summed E-state index contributed by atoms with van der Waals surface area (Å²) in [5.74, 6) is 0. The van der Waals surface area contributed by atoms with Crippen LogP contribution in [0.3, 0.4) is 0 Å². The van der Waals surface area contributed by atoms with Gasteiger partial charge in [-0.3, -0.25) is 10.1 Å². The number of nitro groups is 1. The first-order chi connectivity index (χ1) is 7.59. The zero-order valence-electron chi connectivity index (χ0n) is 9.77. The molecule has 0 saturated carbocycles. The van der Waals surface area contributed by atoms with Crippen molar-refractivity contribution in [3.8, 4) is 0 Å². The van der Waals surface area contributed by atoms with Crippen molar-refractivity contribution in [3.05, 3.63) is 39.9 Å². The first-order valence-corrected chi connectivity index (χ1v) is 5.56. The van der Waals surface area contributed by atoms with Gasteiger partial charge in [-0.25, -0.2) is 0 Å². The van der Waals surface area contributed by atoms with Gasteiger partial charge in [0.1, 0.15) is 0 Å². The number of nitrogens with one attached hydrogen (secondary N) is 1. The number of hydrogen-bond acceptors (Lipinski definition) is 3. The highest BCUT2D eigenvalue weighted by atomic mass is 16.6. The number of non-ortho nitro benzene ring substituents is 1. The van der Waals surface area contributed by atoms with Crippen LogP contribution in [0.1, 0.15) is 25.8 Å². The lowest BCUT2D eigenvalue weighted by Crippen LogP contribution is -2.23. The van der Waals surface area contributed by atoms with Gasteiger partial charge in [-0.1, -0.05) is 26.0 Å². The SMILES string of the molecule is CC(C)NCCCc1ccc([N+](=O)[O-])cc1. The third-order valence-electron chi connectivity index (χ3n) is 2.34. The molecule has 1 aromatic rings. The molecule has 0 aromatic heterocycles. The van der Waals surface area contributed by atoms with Crippen molar-refractivity contribution in [1.29, 1.82) is 0 Å². The summed E-state index contributed by atoms with van der Waals surface area (Å²) >= 11 is 0. The molecule has 4 nitrogen and oxygen atoms in total. The summed E-state index contributed by atoms with van der Waals surface area (Å²) in [5, 5.41) is 13.8. The molecule has 16 heavy (non-hydrogen) atoms. The Morgan fingerprint density at radius 2 is 1.94 bits per heavy atom. The maximum atomic E-state index is 10.4. The first kappa shape index (κ1) is 12.6. The van der Waals surface area contributed by atoms with Gasteiger partial charge in [0.2, 0.25) is 0 Å². The fourth-order valence-electron chi connectivity index (χ4n) is 1.47. The quantitative estimate of drug-likeness (QED) is 0.457. The molecule has 1 N–H and O–H groups in total. The summed E-state index contributed by atoms with van der Waals surface area (Å²) < 4.78 is 0. The average Bonchev–Trinajstić information content (AvgIpc) is 2.25. The number of hydrogen-bond donors (Lipinski definition) is 1. The second-order valence-corrected chi connectivity index (χ2v) is 4.14. The topological polar surface area (TPSA) is 55.2 Å². The third-order valence-corrected chi connectivity index (χ3v) is 2.34. The Labute approximate surface area is 95.8 Å². The standard InChI is InChI=1S/C12H18N2O2/c1-10(2)13-9-3-4-11-5-7-12(8-6-11)14(15)16/h5-8,10,13H,3-4,9H2,1-2H3. The van der Waals surface area contributed by atoms with Crippen LogP contribution in [0, 0.1) is 10.1 Å². The van der Waals surface area contributed by atoms with Crippen LogP contribution in [0.15, 0.2) is 24.3 Å². The van der Waals surface area contributed by atoms with E-state index in [1.165, 1.54) is 0 Å². The molecule has 1 rings (SSSR count). The van der Waals surface area contributed by atoms with Crippen LogP contribution in [-0.4, -0.2) is 17.5 Å². The largest absolute Gasteiger partial charge is 0.315 e. The maximum Gasteiger partial charge on any atom is 0.269 e. The molecule has 0 spiro atoms. The number of rotatable bonds is 6. The lowest BCUT2D eigenvalue weighted by Gasteiger charge is -2.07. The Bertz CT molecular complexity index is 333. The zero-order valence-corrected chi connectivity index (χ0v) is 9.77. The van der Waals surface area contributed by atoms with Crippen LogP contribution < -0.4 is 5.32 Å². The van der Waals surface area contributed by atoms with Gasteiger partial charge in [-0.15, -0.1) is 0 Å². The van der Waals surface area contributed by atoms with Crippen LogP contribution >= 0.6 is 0 Å². The minimum Gasteiger partial charge on any atom is -0.315 e. The van der Waals surface area contributed by atoms with Gasteiger partial charge >= 0.3 is 0 Å². The molecule has 0 saturated heterocycles. The van der Waals surface area contributed by atoms with E-state index in [1.54, 1.807) is 12.1 Å². The number of benzene rings is 1. The van der Waals surface area contributed by atoms with E-state index in [4.69, 9.17) is 0 Å². The first-order valence-electron chi connectivity index (χ1n) is 5.56. The molecule has 0 aliphatic rings. The predicted molar refractivity (Wildman–Crippen MR) is 64.6 cm³/mol. The van der Waals surface area contributed by atoms with Gasteiger partial charge < -0.3 is 5.32 Å². The number of nitro benzene ring substituents is 1.